The molecule has 168 valence electrons. The molecule has 1 fully saturated rings. The number of carbonyl (C=O) groups excluding carboxylic acids is 4. The van der Waals surface area contributed by atoms with E-state index in [1.165, 1.54) is 5.38 Å². The second-order valence-electron chi connectivity index (χ2n) is 6.61. The molecule has 0 radical (unpaired) electrons. The van der Waals surface area contributed by atoms with Crippen LogP contribution in [0.4, 0.5) is 5.13 Å². The molecule has 9 N–H and O–H groups in total. The molecule has 4 amide bonds. The maximum absolute atomic E-state index is 12.2. The maximum atomic E-state index is 12.2. The number of nitrogens with two attached hydrogens (primary N) is 1. The molecule has 0 aliphatic carbocycles. The highest BCUT2D eigenvalue weighted by Gasteiger charge is 2.41. The van der Waals surface area contributed by atoms with Gasteiger partial charge in [-0.1, -0.05) is 0 Å². The summed E-state index contributed by atoms with van der Waals surface area (Å²) >= 11 is 1.06. The minimum Gasteiger partial charge on any atom is -0.503 e. The van der Waals surface area contributed by atoms with Crippen molar-refractivity contribution in [2.24, 2.45) is 0 Å². The van der Waals surface area contributed by atoms with E-state index in [1.807, 2.05) is 0 Å². The lowest BCUT2D eigenvalue weighted by molar-refractivity contribution is -0.140. The van der Waals surface area contributed by atoms with Gasteiger partial charge in [0.2, 0.25) is 11.3 Å². The summed E-state index contributed by atoms with van der Waals surface area (Å²) in [6.45, 7) is -0.320. The minimum absolute atomic E-state index is 0.0706. The van der Waals surface area contributed by atoms with Crippen molar-refractivity contribution in [3.63, 3.8) is 0 Å². The number of aromatic nitrogens is 2. The van der Waals surface area contributed by atoms with Crippen molar-refractivity contribution in [2.75, 3.05) is 12.3 Å². The molecule has 3 heterocycles. The molecule has 15 heteroatoms. The standard InChI is InChI=1S/C17H18N8O6S/c18-11(8-5-32-17(19)24-8)13(28)25-12-7(23-14(12)29)3-22-16(31)15(30)21-2-6-1-9(26)10(27)4-20-6/h1,4-5,7,12,18,27H,2-3H2,(H2,19,24)(H,20,26)(H,21,30)(H,22,31)(H,23,29)(H,25,28). The summed E-state index contributed by atoms with van der Waals surface area (Å²) in [5.41, 5.74) is 4.71. The van der Waals surface area contributed by atoms with Gasteiger partial charge < -0.3 is 37.1 Å². The smallest absolute Gasteiger partial charge is 0.309 e. The molecule has 0 spiro atoms. The first-order valence-corrected chi connectivity index (χ1v) is 9.91. The van der Waals surface area contributed by atoms with Gasteiger partial charge in [-0.25, -0.2) is 4.98 Å². The molecule has 14 nitrogen and oxygen atoms in total. The Kier molecular flexibility index (Phi) is 6.48. The summed E-state index contributed by atoms with van der Waals surface area (Å²) in [6, 6.07) is -0.628. The Balaban J connectivity index is 1.46. The number of hydrogen-bond donors (Lipinski definition) is 8. The Hall–Kier alpha value is -4.27. The fraction of sp³-hybridized carbons (Fsp3) is 0.235. The van der Waals surface area contributed by atoms with Crippen molar-refractivity contribution >= 4 is 45.8 Å². The van der Waals surface area contributed by atoms with Gasteiger partial charge in [0.15, 0.2) is 10.9 Å². The summed E-state index contributed by atoms with van der Waals surface area (Å²) < 4.78 is 0. The zero-order chi connectivity index (χ0) is 23.4. The second-order valence-corrected chi connectivity index (χ2v) is 7.50. The predicted octanol–water partition coefficient (Wildman–Crippen LogP) is -3.10. The van der Waals surface area contributed by atoms with Gasteiger partial charge in [0.1, 0.15) is 17.4 Å². The fourth-order valence-electron chi connectivity index (χ4n) is 2.66. The van der Waals surface area contributed by atoms with Crippen molar-refractivity contribution in [1.82, 2.24) is 31.2 Å². The SMILES string of the molecule is N=C(C(=O)NC1C(=O)NC1CNC(=O)C(=O)NCc1cc(=O)c(O)c[nH]1)c1csc(N)n1. The number of nitrogens with zero attached hydrogens (tertiary/aromatic N) is 1. The fourth-order valence-corrected chi connectivity index (χ4v) is 3.21. The number of nitrogens with one attached hydrogen (secondary N) is 6. The van der Waals surface area contributed by atoms with E-state index in [1.54, 1.807) is 0 Å². The first-order chi connectivity index (χ1) is 15.2. The normalized spacial score (nSPS) is 16.9. The van der Waals surface area contributed by atoms with E-state index < -0.39 is 52.6 Å². The van der Waals surface area contributed by atoms with Crippen molar-refractivity contribution in [3.8, 4) is 5.75 Å². The van der Waals surface area contributed by atoms with Crippen LogP contribution in [-0.4, -0.2) is 63.0 Å². The monoisotopic (exact) mass is 462 g/mol. The number of hydrogen-bond acceptors (Lipinski definition) is 10. The third kappa shape index (κ3) is 5.07. The minimum atomic E-state index is -1.01. The number of β-lactam (4-membered cyclic amide) rings is 1. The number of aromatic amines is 1. The molecular formula is C17H18N8O6S. The number of aromatic hydroxyl groups is 1. The van der Waals surface area contributed by atoms with Crippen LogP contribution < -0.4 is 32.4 Å². The van der Waals surface area contributed by atoms with Crippen LogP contribution in [0.25, 0.3) is 0 Å². The van der Waals surface area contributed by atoms with Crippen LogP contribution in [0.15, 0.2) is 22.4 Å². The number of nitrogen functional groups attached to an aromatic ring is 1. The van der Waals surface area contributed by atoms with Gasteiger partial charge in [0.25, 0.3) is 5.91 Å². The Labute approximate surface area is 183 Å². The van der Waals surface area contributed by atoms with Crippen LogP contribution in [0, 0.1) is 5.41 Å². The van der Waals surface area contributed by atoms with Gasteiger partial charge in [0.05, 0.1) is 12.6 Å². The lowest BCUT2D eigenvalue weighted by Crippen LogP contribution is -2.72. The summed E-state index contributed by atoms with van der Waals surface area (Å²) in [5.74, 6) is -3.82. The highest BCUT2D eigenvalue weighted by atomic mass is 32.1. The largest absolute Gasteiger partial charge is 0.503 e. The summed E-state index contributed by atoms with van der Waals surface area (Å²) in [5, 5.41) is 28.1. The molecule has 3 rings (SSSR count). The number of thiazole rings is 1. The third-order valence-corrected chi connectivity index (χ3v) is 5.06. The molecule has 1 aliphatic heterocycles. The maximum Gasteiger partial charge on any atom is 0.309 e. The first kappa shape index (κ1) is 22.4. The van der Waals surface area contributed by atoms with E-state index in [9.17, 15) is 29.1 Å². The van der Waals surface area contributed by atoms with Crippen LogP contribution in [0.2, 0.25) is 0 Å². The number of anilines is 1. The van der Waals surface area contributed by atoms with E-state index >= 15 is 0 Å². The molecule has 2 atom stereocenters. The lowest BCUT2D eigenvalue weighted by atomic mass is 9.98. The second kappa shape index (κ2) is 9.25. The summed E-state index contributed by atoms with van der Waals surface area (Å²) in [4.78, 5) is 65.5. The molecule has 2 unspecified atom stereocenters. The van der Waals surface area contributed by atoms with E-state index in [-0.39, 0.29) is 29.6 Å². The van der Waals surface area contributed by atoms with Crippen molar-refractivity contribution < 1.29 is 24.3 Å². The van der Waals surface area contributed by atoms with Gasteiger partial charge in [0, 0.05) is 29.9 Å². The number of H-pyrrole nitrogens is 1. The van der Waals surface area contributed by atoms with Crippen LogP contribution in [0.3, 0.4) is 0 Å². The zero-order valence-corrected chi connectivity index (χ0v) is 17.0. The Morgan fingerprint density at radius 1 is 1.22 bits per heavy atom. The van der Waals surface area contributed by atoms with Crippen LogP contribution >= 0.6 is 11.3 Å². The molecule has 0 bridgehead atoms. The average Bonchev–Trinajstić information content (AvgIpc) is 3.20. The van der Waals surface area contributed by atoms with E-state index in [0.29, 0.717) is 0 Å². The van der Waals surface area contributed by atoms with E-state index in [4.69, 9.17) is 11.1 Å². The number of amides is 4. The van der Waals surface area contributed by atoms with Crippen molar-refractivity contribution in [2.45, 2.75) is 18.6 Å². The molecule has 1 aliphatic rings. The zero-order valence-electron chi connectivity index (χ0n) is 16.2. The first-order valence-electron chi connectivity index (χ1n) is 9.03. The lowest BCUT2D eigenvalue weighted by Gasteiger charge is -2.37. The van der Waals surface area contributed by atoms with Gasteiger partial charge in [-0.2, -0.15) is 0 Å². The quantitative estimate of drug-likeness (QED) is 0.119. The molecule has 0 aromatic carbocycles. The predicted molar refractivity (Wildman–Crippen MR) is 111 cm³/mol. The number of carbonyl (C=O) groups is 4. The summed E-state index contributed by atoms with van der Waals surface area (Å²) in [6.07, 6.45) is 1.06. The summed E-state index contributed by atoms with van der Waals surface area (Å²) in [7, 11) is 0. The molecule has 2 aromatic rings. The van der Waals surface area contributed by atoms with Crippen LogP contribution in [0.1, 0.15) is 11.4 Å². The van der Waals surface area contributed by atoms with Gasteiger partial charge in [-0.3, -0.25) is 29.4 Å². The van der Waals surface area contributed by atoms with Gasteiger partial charge >= 0.3 is 11.8 Å². The topological polar surface area (TPSA) is 232 Å². The Morgan fingerprint density at radius 3 is 2.56 bits per heavy atom. The van der Waals surface area contributed by atoms with E-state index in [0.717, 1.165) is 23.6 Å². The molecular weight excluding hydrogens is 444 g/mol. The average molecular weight is 462 g/mol. The number of pyridine rings is 1. The molecule has 0 saturated carbocycles. The third-order valence-electron chi connectivity index (χ3n) is 4.38. The number of rotatable bonds is 7. The van der Waals surface area contributed by atoms with E-state index in [2.05, 4.69) is 31.2 Å². The highest BCUT2D eigenvalue weighted by Crippen LogP contribution is 2.12. The molecule has 1 saturated heterocycles. The van der Waals surface area contributed by atoms with Crippen molar-refractivity contribution in [3.05, 3.63) is 39.3 Å². The van der Waals surface area contributed by atoms with Gasteiger partial charge in [-0.15, -0.1) is 11.3 Å². The van der Waals surface area contributed by atoms with Crippen LogP contribution in [0.5, 0.6) is 5.75 Å². The van der Waals surface area contributed by atoms with Gasteiger partial charge in [-0.05, 0) is 0 Å². The Morgan fingerprint density at radius 2 is 1.94 bits per heavy atom. The molecule has 32 heavy (non-hydrogen) atoms. The van der Waals surface area contributed by atoms with Crippen molar-refractivity contribution in [1.29, 1.82) is 5.41 Å². The molecule has 2 aromatic heterocycles. The highest BCUT2D eigenvalue weighted by molar-refractivity contribution is 7.13. The Bertz CT molecular complexity index is 1160. The van der Waals surface area contributed by atoms with Crippen LogP contribution in [-0.2, 0) is 25.7 Å².